The number of allylic oxidation sites excluding steroid dienone is 1. The van der Waals surface area contributed by atoms with E-state index < -0.39 is 50.4 Å². The van der Waals surface area contributed by atoms with Crippen LogP contribution in [-0.4, -0.2) is 68.9 Å². The average molecular weight is 527 g/mol. The summed E-state index contributed by atoms with van der Waals surface area (Å²) in [7, 11) is -2.26. The summed E-state index contributed by atoms with van der Waals surface area (Å²) in [5.41, 5.74) is 0. The van der Waals surface area contributed by atoms with Crippen molar-refractivity contribution < 1.29 is 32.9 Å². The average Bonchev–Trinajstić information content (AvgIpc) is 3.45. The first kappa shape index (κ1) is 29.9. The van der Waals surface area contributed by atoms with Crippen molar-refractivity contribution >= 4 is 14.1 Å². The first-order valence-corrected chi connectivity index (χ1v) is 16.9. The maximum atomic E-state index is 13.5. The molecule has 8 heteroatoms. The Kier molecular flexibility index (Phi) is 9.35. The molecule has 3 heterocycles. The van der Waals surface area contributed by atoms with Gasteiger partial charge in [-0.25, -0.2) is 0 Å². The van der Waals surface area contributed by atoms with Crippen LogP contribution in [0.4, 0.5) is 0 Å². The molecule has 0 aromatic carbocycles. The predicted molar refractivity (Wildman–Crippen MR) is 142 cm³/mol. The normalized spacial score (nSPS) is 32.9. The van der Waals surface area contributed by atoms with E-state index in [2.05, 4.69) is 54.3 Å². The van der Waals surface area contributed by atoms with E-state index in [1.54, 1.807) is 0 Å². The minimum atomic E-state index is -2.26. The van der Waals surface area contributed by atoms with Gasteiger partial charge in [-0.1, -0.05) is 54.5 Å². The van der Waals surface area contributed by atoms with Gasteiger partial charge in [0.05, 0.1) is 6.61 Å². The van der Waals surface area contributed by atoms with Crippen molar-refractivity contribution in [1.82, 2.24) is 0 Å². The molecule has 208 valence electrons. The third kappa shape index (κ3) is 5.70. The zero-order valence-electron chi connectivity index (χ0n) is 24.1. The minimum absolute atomic E-state index is 0.0208. The second kappa shape index (κ2) is 11.2. The molecule has 0 radical (unpaired) electrons. The fourth-order valence-electron chi connectivity index (χ4n) is 5.17. The van der Waals surface area contributed by atoms with Crippen LogP contribution in [0.25, 0.3) is 0 Å². The molecule has 6 atom stereocenters. The lowest BCUT2D eigenvalue weighted by Gasteiger charge is -2.46. The van der Waals surface area contributed by atoms with Crippen LogP contribution in [-0.2, 0) is 32.9 Å². The van der Waals surface area contributed by atoms with Gasteiger partial charge in [0.2, 0.25) is 0 Å². The van der Waals surface area contributed by atoms with E-state index in [0.717, 1.165) is 12.8 Å². The number of fused-ring (bicyclic) bond motifs is 1. The number of hydrogen-bond donors (Lipinski definition) is 0. The van der Waals surface area contributed by atoms with Crippen LogP contribution >= 0.6 is 0 Å². The number of ether oxygens (including phenoxy) is 5. The van der Waals surface area contributed by atoms with E-state index >= 15 is 0 Å². The van der Waals surface area contributed by atoms with Gasteiger partial charge in [0.1, 0.15) is 30.5 Å². The highest BCUT2D eigenvalue weighted by atomic mass is 28.4. The zero-order chi connectivity index (χ0) is 26.9. The minimum Gasteiger partial charge on any atom is -0.408 e. The molecule has 0 saturated carbocycles. The summed E-state index contributed by atoms with van der Waals surface area (Å²) in [5, 5.41) is -0.0208. The molecule has 0 aromatic rings. The Bertz CT molecular complexity index is 768. The van der Waals surface area contributed by atoms with Crippen LogP contribution in [0.1, 0.15) is 87.0 Å². The monoisotopic (exact) mass is 526 g/mol. The van der Waals surface area contributed by atoms with Crippen molar-refractivity contribution in [2.75, 3.05) is 6.61 Å². The van der Waals surface area contributed by atoms with Crippen molar-refractivity contribution in [3.8, 4) is 0 Å². The predicted octanol–water partition coefficient (Wildman–Crippen LogP) is 5.91. The van der Waals surface area contributed by atoms with Gasteiger partial charge in [0.15, 0.2) is 31.8 Å². The first-order chi connectivity index (χ1) is 16.8. The fraction of sp³-hybridized carbons (Fsp3) is 0.893. The Morgan fingerprint density at radius 2 is 1.67 bits per heavy atom. The quantitative estimate of drug-likeness (QED) is 0.245. The third-order valence-corrected chi connectivity index (χ3v) is 13.3. The second-order valence-electron chi connectivity index (χ2n) is 12.0. The van der Waals surface area contributed by atoms with Crippen LogP contribution in [0.15, 0.2) is 12.7 Å². The number of Topliss-reactive ketones (excluding diaryl/α,β-unsaturated/α-hetero) is 1. The molecule has 3 aliphatic rings. The molecule has 0 unspecified atom stereocenters. The van der Waals surface area contributed by atoms with Gasteiger partial charge in [-0.3, -0.25) is 4.79 Å². The maximum Gasteiger partial charge on any atom is 0.193 e. The topological polar surface area (TPSA) is 72.5 Å². The van der Waals surface area contributed by atoms with E-state index in [4.69, 9.17) is 28.1 Å². The fourth-order valence-corrected chi connectivity index (χ4v) is 6.49. The lowest BCUT2D eigenvalue weighted by atomic mass is 9.90. The van der Waals surface area contributed by atoms with E-state index in [0.29, 0.717) is 32.3 Å². The van der Waals surface area contributed by atoms with Crippen molar-refractivity contribution in [2.24, 2.45) is 0 Å². The Morgan fingerprint density at radius 3 is 2.17 bits per heavy atom. The summed E-state index contributed by atoms with van der Waals surface area (Å²) >= 11 is 0. The molecule has 3 saturated heterocycles. The van der Waals surface area contributed by atoms with Gasteiger partial charge in [-0.15, -0.1) is 6.58 Å². The Morgan fingerprint density at radius 1 is 1.06 bits per heavy atom. The highest BCUT2D eigenvalue weighted by Gasteiger charge is 2.61. The van der Waals surface area contributed by atoms with Gasteiger partial charge in [-0.05, 0) is 56.7 Å². The second-order valence-corrected chi connectivity index (χ2v) is 16.8. The summed E-state index contributed by atoms with van der Waals surface area (Å²) in [6.45, 7) is 23.6. The summed E-state index contributed by atoms with van der Waals surface area (Å²) in [5.74, 6) is -1.48. The highest BCUT2D eigenvalue weighted by molar-refractivity contribution is 6.74. The number of hydrogen-bond acceptors (Lipinski definition) is 7. The number of carbonyl (C=O) groups excluding carboxylic acids is 1. The summed E-state index contributed by atoms with van der Waals surface area (Å²) in [6.07, 6.45) is 2.71. The van der Waals surface area contributed by atoms with E-state index in [9.17, 15) is 4.79 Å². The van der Waals surface area contributed by atoms with Crippen molar-refractivity contribution in [1.29, 1.82) is 0 Å². The van der Waals surface area contributed by atoms with E-state index in [1.165, 1.54) is 0 Å². The molecular weight excluding hydrogens is 476 g/mol. The van der Waals surface area contributed by atoms with Crippen LogP contribution < -0.4 is 0 Å². The molecular formula is C28H50O7Si. The standard InChI is InChI=1S/C28H50O7Si/c1-11-16-17-19-21(29)23-25(34-28(14-4,15-5)33-23)24(31-19)22(35-36(9,10)26(6,7)8)20-18-30-27(12-2,13-3)32-20/h11,19-20,22-25H,1,12-18H2,2-10H3/t19-,20+,22-,23-,24-,25-/m0/s1. The van der Waals surface area contributed by atoms with Gasteiger partial charge in [0.25, 0.3) is 0 Å². The molecule has 0 amide bonds. The Labute approximate surface area is 219 Å². The number of carbonyl (C=O) groups is 1. The largest absolute Gasteiger partial charge is 0.408 e. The molecule has 3 rings (SSSR count). The van der Waals surface area contributed by atoms with Crippen molar-refractivity contribution in [2.45, 2.75) is 153 Å². The summed E-state index contributed by atoms with van der Waals surface area (Å²) in [4.78, 5) is 13.5. The Balaban J connectivity index is 2.03. The van der Waals surface area contributed by atoms with Crippen molar-refractivity contribution in [3.63, 3.8) is 0 Å². The van der Waals surface area contributed by atoms with E-state index in [1.807, 2.05) is 19.9 Å². The van der Waals surface area contributed by atoms with Gasteiger partial charge < -0.3 is 28.1 Å². The molecule has 3 fully saturated rings. The third-order valence-electron chi connectivity index (χ3n) is 8.83. The van der Waals surface area contributed by atoms with Crippen LogP contribution in [0.2, 0.25) is 18.1 Å². The maximum absolute atomic E-state index is 13.5. The lowest BCUT2D eigenvalue weighted by molar-refractivity contribution is -0.218. The smallest absolute Gasteiger partial charge is 0.193 e. The van der Waals surface area contributed by atoms with Crippen LogP contribution in [0.3, 0.4) is 0 Å². The lowest BCUT2D eigenvalue weighted by Crippen LogP contribution is -2.62. The SMILES string of the molecule is C=CCC[C@@H]1O[C@@H]([C@@H](O[Si](C)(C)C(C)(C)C)[C@H]2COC(CC)(CC)O2)[C@H]2OC(CC)(CC)O[C@H]2C1=O. The molecule has 36 heavy (non-hydrogen) atoms. The van der Waals surface area contributed by atoms with Crippen LogP contribution in [0, 0.1) is 0 Å². The zero-order valence-corrected chi connectivity index (χ0v) is 25.1. The molecule has 0 N–H and O–H groups in total. The Hall–Kier alpha value is -0.613. The molecule has 0 spiro atoms. The van der Waals surface area contributed by atoms with Gasteiger partial charge >= 0.3 is 0 Å². The van der Waals surface area contributed by atoms with Gasteiger partial charge in [-0.2, -0.15) is 0 Å². The first-order valence-electron chi connectivity index (χ1n) is 14.0. The number of ketones is 1. The highest BCUT2D eigenvalue weighted by Crippen LogP contribution is 2.46. The number of rotatable bonds is 11. The summed E-state index contributed by atoms with van der Waals surface area (Å²) < 4.78 is 39.5. The summed E-state index contributed by atoms with van der Waals surface area (Å²) in [6, 6.07) is 0. The van der Waals surface area contributed by atoms with Crippen LogP contribution in [0.5, 0.6) is 0 Å². The molecule has 7 nitrogen and oxygen atoms in total. The molecule has 3 aliphatic heterocycles. The molecule has 0 aliphatic carbocycles. The van der Waals surface area contributed by atoms with Crippen molar-refractivity contribution in [3.05, 3.63) is 12.7 Å². The van der Waals surface area contributed by atoms with Gasteiger partial charge in [0, 0.05) is 0 Å². The molecule has 0 bridgehead atoms. The molecule has 0 aromatic heterocycles. The van der Waals surface area contributed by atoms with E-state index in [-0.39, 0.29) is 16.9 Å².